The average Bonchev–Trinajstić information content (AvgIpc) is 2.45. The lowest BCUT2D eigenvalue weighted by Gasteiger charge is -2.30. The Morgan fingerprint density at radius 1 is 1.15 bits per heavy atom. The van der Waals surface area contributed by atoms with Gasteiger partial charge in [-0.1, -0.05) is 30.3 Å². The second kappa shape index (κ2) is 5.74. The molecule has 0 atom stereocenters. The van der Waals surface area contributed by atoms with Crippen LogP contribution < -0.4 is 4.74 Å². The molecule has 0 bridgehead atoms. The first-order valence-corrected chi connectivity index (χ1v) is 6.75. The Kier molecular flexibility index (Phi) is 3.63. The van der Waals surface area contributed by atoms with Gasteiger partial charge in [-0.25, -0.2) is 4.98 Å². The topological polar surface area (TPSA) is 42.4 Å². The highest BCUT2D eigenvalue weighted by Crippen LogP contribution is 2.15. The molecule has 1 saturated heterocycles. The van der Waals surface area contributed by atoms with Gasteiger partial charge in [0.2, 0.25) is 0 Å². The maximum atomic E-state index is 11.9. The Morgan fingerprint density at radius 3 is 2.55 bits per heavy atom. The molecule has 2 aromatic rings. The summed E-state index contributed by atoms with van der Waals surface area (Å²) in [6, 6.07) is 13.5. The first-order valence-electron chi connectivity index (χ1n) is 6.75. The summed E-state index contributed by atoms with van der Waals surface area (Å²) >= 11 is 0. The second-order valence-electron chi connectivity index (χ2n) is 4.80. The maximum absolute atomic E-state index is 11.9. The first kappa shape index (κ1) is 12.7. The zero-order chi connectivity index (χ0) is 13.8. The van der Waals surface area contributed by atoms with E-state index >= 15 is 0 Å². The third kappa shape index (κ3) is 2.79. The SMILES string of the molecule is O=C(c1ccc(OCc2ccccc2)cn1)N1CCC1. The number of carbonyl (C=O) groups is 1. The number of rotatable bonds is 4. The minimum atomic E-state index is 0.00543. The molecule has 4 heteroatoms. The molecule has 1 amide bonds. The number of nitrogens with zero attached hydrogens (tertiary/aromatic N) is 2. The Bertz CT molecular complexity index is 577. The van der Waals surface area contributed by atoms with E-state index in [0.29, 0.717) is 18.1 Å². The highest BCUT2D eigenvalue weighted by Gasteiger charge is 2.22. The number of hydrogen-bond acceptors (Lipinski definition) is 3. The molecule has 1 aromatic heterocycles. The van der Waals surface area contributed by atoms with Crippen LogP contribution >= 0.6 is 0 Å². The largest absolute Gasteiger partial charge is 0.487 e. The molecule has 4 nitrogen and oxygen atoms in total. The van der Waals surface area contributed by atoms with E-state index in [-0.39, 0.29) is 5.91 Å². The number of pyridine rings is 1. The summed E-state index contributed by atoms with van der Waals surface area (Å²) in [4.78, 5) is 17.9. The van der Waals surface area contributed by atoms with E-state index in [2.05, 4.69) is 4.98 Å². The molecule has 1 aliphatic rings. The number of hydrogen-bond donors (Lipinski definition) is 0. The van der Waals surface area contributed by atoms with E-state index in [1.807, 2.05) is 30.3 Å². The summed E-state index contributed by atoms with van der Waals surface area (Å²) < 4.78 is 5.64. The van der Waals surface area contributed by atoms with Crippen LogP contribution in [0.5, 0.6) is 5.75 Å². The van der Waals surface area contributed by atoms with E-state index < -0.39 is 0 Å². The molecule has 0 saturated carbocycles. The summed E-state index contributed by atoms with van der Waals surface area (Å²) in [5, 5.41) is 0. The summed E-state index contributed by atoms with van der Waals surface area (Å²) in [5.74, 6) is 0.680. The molecule has 20 heavy (non-hydrogen) atoms. The summed E-state index contributed by atoms with van der Waals surface area (Å²) in [5.41, 5.74) is 1.59. The molecule has 0 spiro atoms. The van der Waals surface area contributed by atoms with Crippen molar-refractivity contribution in [3.05, 3.63) is 59.9 Å². The van der Waals surface area contributed by atoms with Gasteiger partial charge in [-0.3, -0.25) is 4.79 Å². The fraction of sp³-hybridized carbons (Fsp3) is 0.250. The first-order chi connectivity index (χ1) is 9.83. The predicted octanol–water partition coefficient (Wildman–Crippen LogP) is 2.51. The minimum Gasteiger partial charge on any atom is -0.487 e. The zero-order valence-electron chi connectivity index (χ0n) is 11.2. The molecule has 1 fully saturated rings. The summed E-state index contributed by atoms with van der Waals surface area (Å²) in [6.07, 6.45) is 2.69. The fourth-order valence-electron chi connectivity index (χ4n) is 2.01. The molecule has 0 N–H and O–H groups in total. The maximum Gasteiger partial charge on any atom is 0.272 e. The standard InChI is InChI=1S/C16H16N2O2/c19-16(18-9-4-10-18)15-8-7-14(11-17-15)20-12-13-5-2-1-3-6-13/h1-3,5-8,11H,4,9-10,12H2. The molecule has 1 aliphatic heterocycles. The molecule has 0 aliphatic carbocycles. The number of benzene rings is 1. The van der Waals surface area contributed by atoms with Gasteiger partial charge in [0.1, 0.15) is 18.1 Å². The lowest BCUT2D eigenvalue weighted by atomic mass is 10.2. The Morgan fingerprint density at radius 2 is 1.95 bits per heavy atom. The Labute approximate surface area is 118 Å². The van der Waals surface area contributed by atoms with Crippen LogP contribution in [0.1, 0.15) is 22.5 Å². The van der Waals surface area contributed by atoms with Gasteiger partial charge in [0, 0.05) is 13.1 Å². The Balaban J connectivity index is 1.60. The van der Waals surface area contributed by atoms with E-state index in [1.165, 1.54) is 0 Å². The van der Waals surface area contributed by atoms with Crippen molar-refractivity contribution in [3.63, 3.8) is 0 Å². The molecule has 102 valence electrons. The van der Waals surface area contributed by atoms with E-state index in [1.54, 1.807) is 23.2 Å². The van der Waals surface area contributed by atoms with Gasteiger partial charge >= 0.3 is 0 Å². The van der Waals surface area contributed by atoms with Crippen LogP contribution in [0.15, 0.2) is 48.7 Å². The van der Waals surface area contributed by atoms with Crippen LogP contribution in [0.2, 0.25) is 0 Å². The highest BCUT2D eigenvalue weighted by molar-refractivity contribution is 5.92. The normalized spacial score (nSPS) is 13.7. The van der Waals surface area contributed by atoms with Gasteiger partial charge in [0.25, 0.3) is 5.91 Å². The number of likely N-dealkylation sites (tertiary alicyclic amines) is 1. The lowest BCUT2D eigenvalue weighted by Crippen LogP contribution is -2.42. The van der Waals surface area contributed by atoms with Gasteiger partial charge in [-0.15, -0.1) is 0 Å². The molecule has 1 aromatic carbocycles. The van der Waals surface area contributed by atoms with Crippen LogP contribution in [0.3, 0.4) is 0 Å². The quantitative estimate of drug-likeness (QED) is 0.855. The third-order valence-electron chi connectivity index (χ3n) is 3.35. The van der Waals surface area contributed by atoms with Crippen molar-refractivity contribution in [3.8, 4) is 5.75 Å². The van der Waals surface area contributed by atoms with Gasteiger partial charge in [0.15, 0.2) is 0 Å². The molecule has 3 rings (SSSR count). The van der Waals surface area contributed by atoms with Crippen LogP contribution in [-0.4, -0.2) is 28.9 Å². The van der Waals surface area contributed by atoms with Crippen molar-refractivity contribution in [1.82, 2.24) is 9.88 Å². The van der Waals surface area contributed by atoms with Crippen LogP contribution in [0.4, 0.5) is 0 Å². The lowest BCUT2D eigenvalue weighted by molar-refractivity contribution is 0.0645. The molecule has 0 radical (unpaired) electrons. The molecule has 2 heterocycles. The number of aromatic nitrogens is 1. The van der Waals surface area contributed by atoms with Crippen LogP contribution in [0, 0.1) is 0 Å². The van der Waals surface area contributed by atoms with Crippen molar-refractivity contribution in [2.24, 2.45) is 0 Å². The van der Waals surface area contributed by atoms with Gasteiger partial charge < -0.3 is 9.64 Å². The van der Waals surface area contributed by atoms with Crippen molar-refractivity contribution in [1.29, 1.82) is 0 Å². The van der Waals surface area contributed by atoms with Crippen molar-refractivity contribution >= 4 is 5.91 Å². The molecule has 0 unspecified atom stereocenters. The Hall–Kier alpha value is -2.36. The predicted molar refractivity (Wildman–Crippen MR) is 75.5 cm³/mol. The average molecular weight is 268 g/mol. The highest BCUT2D eigenvalue weighted by atomic mass is 16.5. The number of carbonyl (C=O) groups excluding carboxylic acids is 1. The van der Waals surface area contributed by atoms with Gasteiger partial charge in [-0.05, 0) is 24.1 Å². The number of amides is 1. The zero-order valence-corrected chi connectivity index (χ0v) is 11.2. The molecular formula is C16H16N2O2. The van der Waals surface area contributed by atoms with Crippen LogP contribution in [0.25, 0.3) is 0 Å². The second-order valence-corrected chi connectivity index (χ2v) is 4.80. The van der Waals surface area contributed by atoms with Crippen molar-refractivity contribution < 1.29 is 9.53 Å². The van der Waals surface area contributed by atoms with Gasteiger partial charge in [-0.2, -0.15) is 0 Å². The van der Waals surface area contributed by atoms with E-state index in [0.717, 1.165) is 25.1 Å². The third-order valence-corrected chi connectivity index (χ3v) is 3.35. The fourth-order valence-corrected chi connectivity index (χ4v) is 2.01. The summed E-state index contributed by atoms with van der Waals surface area (Å²) in [7, 11) is 0. The smallest absolute Gasteiger partial charge is 0.272 e. The molecular weight excluding hydrogens is 252 g/mol. The minimum absolute atomic E-state index is 0.00543. The van der Waals surface area contributed by atoms with Gasteiger partial charge in [0.05, 0.1) is 6.20 Å². The van der Waals surface area contributed by atoms with E-state index in [9.17, 15) is 4.79 Å². The van der Waals surface area contributed by atoms with E-state index in [4.69, 9.17) is 4.74 Å². The van der Waals surface area contributed by atoms with Crippen LogP contribution in [-0.2, 0) is 6.61 Å². The summed E-state index contributed by atoms with van der Waals surface area (Å²) in [6.45, 7) is 2.18. The number of ether oxygens (including phenoxy) is 1. The van der Waals surface area contributed by atoms with Crippen molar-refractivity contribution in [2.75, 3.05) is 13.1 Å². The van der Waals surface area contributed by atoms with Crippen molar-refractivity contribution in [2.45, 2.75) is 13.0 Å². The monoisotopic (exact) mass is 268 g/mol.